The zero-order chi connectivity index (χ0) is 19.9. The van der Waals surface area contributed by atoms with Gasteiger partial charge in [-0.1, -0.05) is 37.2 Å². The molecule has 152 valence electrons. The van der Waals surface area contributed by atoms with Crippen molar-refractivity contribution in [2.24, 2.45) is 0 Å². The number of fused-ring (bicyclic) bond motifs is 1. The van der Waals surface area contributed by atoms with Gasteiger partial charge < -0.3 is 9.64 Å². The van der Waals surface area contributed by atoms with E-state index >= 15 is 0 Å². The molecule has 0 saturated carbocycles. The number of thioether (sulfide) groups is 1. The normalized spacial score (nSPS) is 16.6. The predicted molar refractivity (Wildman–Crippen MR) is 113 cm³/mol. The maximum absolute atomic E-state index is 13.1. The van der Waals surface area contributed by atoms with E-state index in [0.29, 0.717) is 29.1 Å². The molecule has 1 fully saturated rings. The van der Waals surface area contributed by atoms with Crippen LogP contribution in [-0.4, -0.2) is 51.9 Å². The zero-order valence-corrected chi connectivity index (χ0v) is 17.5. The largest absolute Gasteiger partial charge is 0.376 e. The minimum Gasteiger partial charge on any atom is -0.376 e. The molecule has 1 aromatic carbocycles. The molecule has 1 aliphatic heterocycles. The molecule has 1 amide bonds. The first kappa shape index (κ1) is 20.9. The lowest BCUT2D eigenvalue weighted by molar-refractivity contribution is -0.128. The monoisotopic (exact) mass is 403 g/mol. The van der Waals surface area contributed by atoms with Crippen molar-refractivity contribution in [1.82, 2.24) is 14.5 Å². The Morgan fingerprint density at radius 2 is 2.18 bits per heavy atom. The summed E-state index contributed by atoms with van der Waals surface area (Å²) < 4.78 is 7.43. The van der Waals surface area contributed by atoms with Crippen molar-refractivity contribution < 1.29 is 9.53 Å². The number of rotatable bonds is 9. The number of ether oxygens (including phenoxy) is 1. The van der Waals surface area contributed by atoms with Crippen LogP contribution < -0.4 is 5.56 Å². The van der Waals surface area contributed by atoms with Gasteiger partial charge in [0.15, 0.2) is 5.16 Å². The van der Waals surface area contributed by atoms with Gasteiger partial charge in [0.05, 0.1) is 29.3 Å². The number of carbonyl (C=O) groups excluding carboxylic acids is 1. The summed E-state index contributed by atoms with van der Waals surface area (Å²) in [7, 11) is 0. The number of amides is 1. The number of para-hydroxylation sites is 1. The Morgan fingerprint density at radius 1 is 1.36 bits per heavy atom. The first-order valence-electron chi connectivity index (χ1n) is 10.2. The fourth-order valence-corrected chi connectivity index (χ4v) is 4.35. The Kier molecular flexibility index (Phi) is 7.50. The van der Waals surface area contributed by atoms with Gasteiger partial charge in [-0.2, -0.15) is 0 Å². The standard InChI is InChI=1S/C21H29N3O3S/c1-3-5-12-23(4-2)19(25)15-28-21-22-18-11-7-6-10-17(18)20(26)24(21)14-16-9-8-13-27-16/h6-7,10-11,16H,3-5,8-9,12-15H2,1-2H3. The van der Waals surface area contributed by atoms with E-state index in [1.54, 1.807) is 10.6 Å². The highest BCUT2D eigenvalue weighted by Gasteiger charge is 2.21. The van der Waals surface area contributed by atoms with Crippen molar-refractivity contribution in [2.75, 3.05) is 25.4 Å². The number of unbranched alkanes of at least 4 members (excludes halogenated alkanes) is 1. The second kappa shape index (κ2) is 10.1. The maximum Gasteiger partial charge on any atom is 0.262 e. The summed E-state index contributed by atoms with van der Waals surface area (Å²) >= 11 is 1.35. The third-order valence-electron chi connectivity index (χ3n) is 5.08. The SMILES string of the molecule is CCCCN(CC)C(=O)CSc1nc2ccccc2c(=O)n1CC1CCCO1. The van der Waals surface area contributed by atoms with E-state index in [4.69, 9.17) is 9.72 Å². The molecule has 0 bridgehead atoms. The van der Waals surface area contributed by atoms with Gasteiger partial charge in [0.1, 0.15) is 0 Å². The number of nitrogens with zero attached hydrogens (tertiary/aromatic N) is 3. The van der Waals surface area contributed by atoms with E-state index in [-0.39, 0.29) is 23.3 Å². The van der Waals surface area contributed by atoms with Crippen LogP contribution in [0.15, 0.2) is 34.2 Å². The van der Waals surface area contributed by atoms with E-state index in [9.17, 15) is 9.59 Å². The molecule has 0 spiro atoms. The van der Waals surface area contributed by atoms with E-state index in [1.165, 1.54) is 11.8 Å². The second-order valence-electron chi connectivity index (χ2n) is 7.08. The minimum atomic E-state index is -0.0608. The molecule has 7 heteroatoms. The smallest absolute Gasteiger partial charge is 0.262 e. The van der Waals surface area contributed by atoms with Crippen LogP contribution in [0.5, 0.6) is 0 Å². The van der Waals surface area contributed by atoms with E-state index in [1.807, 2.05) is 30.0 Å². The van der Waals surface area contributed by atoms with Crippen molar-refractivity contribution in [2.45, 2.75) is 57.3 Å². The van der Waals surface area contributed by atoms with Crippen molar-refractivity contribution in [1.29, 1.82) is 0 Å². The molecule has 1 unspecified atom stereocenters. The van der Waals surface area contributed by atoms with Gasteiger partial charge >= 0.3 is 0 Å². The molecule has 1 atom stereocenters. The Bertz CT molecular complexity index is 862. The summed E-state index contributed by atoms with van der Waals surface area (Å²) in [5.41, 5.74) is 0.610. The van der Waals surface area contributed by atoms with Gasteiger partial charge in [0.25, 0.3) is 5.56 Å². The zero-order valence-electron chi connectivity index (χ0n) is 16.7. The van der Waals surface area contributed by atoms with Crippen LogP contribution in [0.1, 0.15) is 39.5 Å². The summed E-state index contributed by atoms with van der Waals surface area (Å²) in [6.45, 7) is 6.83. The van der Waals surface area contributed by atoms with Crippen molar-refractivity contribution >= 4 is 28.6 Å². The fourth-order valence-electron chi connectivity index (χ4n) is 3.44. The van der Waals surface area contributed by atoms with E-state index in [0.717, 1.165) is 38.8 Å². The van der Waals surface area contributed by atoms with Crippen LogP contribution in [0, 0.1) is 0 Å². The Balaban J connectivity index is 1.83. The van der Waals surface area contributed by atoms with Crippen molar-refractivity contribution in [3.8, 4) is 0 Å². The third-order valence-corrected chi connectivity index (χ3v) is 6.04. The fraction of sp³-hybridized carbons (Fsp3) is 0.571. The van der Waals surface area contributed by atoms with Crippen LogP contribution in [0.25, 0.3) is 10.9 Å². The lowest BCUT2D eigenvalue weighted by atomic mass is 10.2. The van der Waals surface area contributed by atoms with Gasteiger partial charge in [-0.25, -0.2) is 4.98 Å². The molecule has 2 aromatic rings. The van der Waals surface area contributed by atoms with Gasteiger partial charge in [0, 0.05) is 19.7 Å². The number of aromatic nitrogens is 2. The van der Waals surface area contributed by atoms with Crippen LogP contribution in [0.2, 0.25) is 0 Å². The maximum atomic E-state index is 13.1. The van der Waals surface area contributed by atoms with E-state index in [2.05, 4.69) is 6.92 Å². The number of hydrogen-bond acceptors (Lipinski definition) is 5. The molecule has 6 nitrogen and oxygen atoms in total. The molecule has 1 aliphatic rings. The Morgan fingerprint density at radius 3 is 2.89 bits per heavy atom. The predicted octanol–water partition coefficient (Wildman–Crippen LogP) is 3.32. The van der Waals surface area contributed by atoms with Crippen molar-refractivity contribution in [3.63, 3.8) is 0 Å². The quantitative estimate of drug-likeness (QED) is 0.475. The molecule has 0 N–H and O–H groups in total. The molecule has 1 saturated heterocycles. The van der Waals surface area contributed by atoms with Crippen molar-refractivity contribution in [3.05, 3.63) is 34.6 Å². The molecule has 0 aliphatic carbocycles. The lowest BCUT2D eigenvalue weighted by Crippen LogP contribution is -2.34. The molecule has 3 rings (SSSR count). The first-order valence-corrected chi connectivity index (χ1v) is 11.1. The van der Waals surface area contributed by atoms with Gasteiger partial charge in [-0.05, 0) is 38.3 Å². The highest BCUT2D eigenvalue weighted by Crippen LogP contribution is 2.21. The summed E-state index contributed by atoms with van der Waals surface area (Å²) in [6, 6.07) is 7.38. The van der Waals surface area contributed by atoms with Gasteiger partial charge in [0.2, 0.25) is 5.91 Å². The highest BCUT2D eigenvalue weighted by molar-refractivity contribution is 7.99. The molecular formula is C21H29N3O3S. The number of hydrogen-bond donors (Lipinski definition) is 0. The van der Waals surface area contributed by atoms with Gasteiger partial charge in [-0.3, -0.25) is 14.2 Å². The summed E-state index contributed by atoms with van der Waals surface area (Å²) in [5.74, 6) is 0.375. The van der Waals surface area contributed by atoms with Gasteiger partial charge in [-0.15, -0.1) is 0 Å². The van der Waals surface area contributed by atoms with E-state index < -0.39 is 0 Å². The molecular weight excluding hydrogens is 374 g/mol. The minimum absolute atomic E-state index is 0.0346. The third kappa shape index (κ3) is 4.94. The van der Waals surface area contributed by atoms with Crippen LogP contribution in [0.3, 0.4) is 0 Å². The summed E-state index contributed by atoms with van der Waals surface area (Å²) in [6.07, 6.45) is 4.06. The highest BCUT2D eigenvalue weighted by atomic mass is 32.2. The van der Waals surface area contributed by atoms with Crippen LogP contribution in [0.4, 0.5) is 0 Å². The first-order chi connectivity index (χ1) is 13.6. The van der Waals surface area contributed by atoms with Crippen LogP contribution >= 0.6 is 11.8 Å². The summed E-state index contributed by atoms with van der Waals surface area (Å²) in [5, 5.41) is 1.20. The molecule has 2 heterocycles. The average Bonchev–Trinajstić information content (AvgIpc) is 3.22. The van der Waals surface area contributed by atoms with Crippen LogP contribution in [-0.2, 0) is 16.1 Å². The molecule has 28 heavy (non-hydrogen) atoms. The second-order valence-corrected chi connectivity index (χ2v) is 8.02. The number of benzene rings is 1. The average molecular weight is 404 g/mol. The topological polar surface area (TPSA) is 64.4 Å². The summed E-state index contributed by atoms with van der Waals surface area (Å²) in [4.78, 5) is 32.3. The number of carbonyl (C=O) groups is 1. The lowest BCUT2D eigenvalue weighted by Gasteiger charge is -2.21. The molecule has 0 radical (unpaired) electrons. The Labute approximate surface area is 170 Å². The molecule has 1 aromatic heterocycles. The Hall–Kier alpha value is -1.86.